The molecule has 3 saturated carbocycles. The third-order valence-electron chi connectivity index (χ3n) is 15.2. The molecule has 0 spiro atoms. The number of amides is 1. The Labute approximate surface area is 462 Å². The van der Waals surface area contributed by atoms with Crippen LogP contribution in [0.4, 0.5) is 4.79 Å². The Morgan fingerprint density at radius 3 is 1.82 bits per heavy atom. The Morgan fingerprint density at radius 2 is 1.29 bits per heavy atom. The number of ether oxygens (including phenoxy) is 1. The Hall–Kier alpha value is -0.435. The van der Waals surface area contributed by atoms with Crippen molar-refractivity contribution in [2.45, 2.75) is 137 Å². The third kappa shape index (κ3) is 18.7. The summed E-state index contributed by atoms with van der Waals surface area (Å²) in [6.45, 7) is 8.37. The van der Waals surface area contributed by atoms with Crippen molar-refractivity contribution in [2.75, 3.05) is 58.9 Å². The van der Waals surface area contributed by atoms with Gasteiger partial charge < -0.3 is 59.6 Å². The summed E-state index contributed by atoms with van der Waals surface area (Å²) in [5.74, 6) is -3.32. The fourth-order valence-corrected chi connectivity index (χ4v) is 12.2. The molecule has 357 valence electrons. The Kier molecular flexibility index (Phi) is 28.6. The molecule has 9 atom stereocenters. The van der Waals surface area contributed by atoms with Crippen LogP contribution in [0.5, 0.6) is 0 Å². The first-order chi connectivity index (χ1) is 29.2. The number of carbonyl (C=O) groups is 6. The SMILES string of the molecule is CC(C)CCC[C@H](C)[C@H]1CC[C@H]2[C@@H]3CC=C4C[C@@H](OC(=O)NCCCC[C@@H](C(=O)[O-])N(CCN(CC(=O)[O-])CC(=O)[O-])CCN(CC(=O)[O-])CC(=O)[O-])CC[C@]4(C)[C@H]3CC[C@]12C.[Gd+3].[Na+].[Na+]. The summed E-state index contributed by atoms with van der Waals surface area (Å²) in [7, 11) is 0. The van der Waals surface area contributed by atoms with Crippen molar-refractivity contribution in [2.24, 2.45) is 46.3 Å². The molecule has 0 bridgehead atoms. The van der Waals surface area contributed by atoms with Gasteiger partial charge in [-0.3, -0.25) is 14.7 Å². The molecule has 0 aliphatic heterocycles. The van der Waals surface area contributed by atoms with E-state index in [4.69, 9.17) is 4.74 Å². The van der Waals surface area contributed by atoms with Gasteiger partial charge in [0.05, 0.1) is 29.8 Å². The number of carbonyl (C=O) groups excluding carboxylic acids is 6. The maximum Gasteiger partial charge on any atom is 3.00 e. The maximum atomic E-state index is 13.0. The van der Waals surface area contributed by atoms with Crippen LogP contribution in [0.3, 0.4) is 0 Å². The fraction of sp³-hybridized carbons (Fsp3) is 0.826. The molecule has 0 heterocycles. The van der Waals surface area contributed by atoms with Crippen LogP contribution in [0.25, 0.3) is 0 Å². The van der Waals surface area contributed by atoms with Gasteiger partial charge in [-0.05, 0) is 111 Å². The number of aliphatic carboxylic acids is 5. The average Bonchev–Trinajstić information content (AvgIpc) is 3.52. The average molecular weight is 1080 g/mol. The van der Waals surface area contributed by atoms with Gasteiger partial charge in [0.15, 0.2) is 0 Å². The maximum absolute atomic E-state index is 13.0. The van der Waals surface area contributed by atoms with Gasteiger partial charge in [-0.1, -0.05) is 65.5 Å². The first-order valence-corrected chi connectivity index (χ1v) is 23.1. The van der Waals surface area contributed by atoms with Crippen LogP contribution < -0.4 is 90.0 Å². The Morgan fingerprint density at radius 1 is 0.723 bits per heavy atom. The minimum absolute atomic E-state index is 0. The Balaban J connectivity index is 0.00000704. The summed E-state index contributed by atoms with van der Waals surface area (Å²) in [5, 5.41) is 60.0. The molecule has 0 unspecified atom stereocenters. The predicted octanol–water partition coefficient (Wildman–Crippen LogP) is -6.68. The van der Waals surface area contributed by atoms with E-state index in [-0.39, 0.29) is 156 Å². The Bertz CT molecular complexity index is 1540. The van der Waals surface area contributed by atoms with Crippen molar-refractivity contribution in [1.29, 1.82) is 0 Å². The molecule has 1 amide bonds. The van der Waals surface area contributed by atoms with Crippen molar-refractivity contribution in [3.05, 3.63) is 11.6 Å². The minimum atomic E-state index is -1.57. The van der Waals surface area contributed by atoms with Gasteiger partial charge in [0.1, 0.15) is 6.10 Å². The van der Waals surface area contributed by atoms with Gasteiger partial charge in [0, 0.05) is 71.4 Å². The number of fused-ring (bicyclic) bond motifs is 5. The van der Waals surface area contributed by atoms with E-state index in [1.165, 1.54) is 55.4 Å². The molecule has 1 radical (unpaired) electrons. The number of hydrogen-bond acceptors (Lipinski definition) is 15. The number of hydrogen-bond donors (Lipinski definition) is 1. The van der Waals surface area contributed by atoms with Crippen LogP contribution in [0.2, 0.25) is 0 Å². The van der Waals surface area contributed by atoms with Crippen LogP contribution in [0.15, 0.2) is 11.6 Å². The topological polar surface area (TPSA) is 249 Å². The summed E-state index contributed by atoms with van der Waals surface area (Å²) < 4.78 is 5.92. The second-order valence-corrected chi connectivity index (χ2v) is 19.8. The number of alkyl carbamates (subject to hydrolysis) is 1. The number of carboxylic acid groups (broad SMARTS) is 5. The molecule has 0 aromatic heterocycles. The first-order valence-electron chi connectivity index (χ1n) is 23.1. The molecular formula is C46H71GdN4Na2O12. The van der Waals surface area contributed by atoms with E-state index in [9.17, 15) is 54.3 Å². The zero-order valence-electron chi connectivity index (χ0n) is 40.1. The van der Waals surface area contributed by atoms with Gasteiger partial charge in [-0.15, -0.1) is 0 Å². The minimum Gasteiger partial charge on any atom is -0.549 e. The summed E-state index contributed by atoms with van der Waals surface area (Å²) in [5.41, 5.74) is 1.95. The summed E-state index contributed by atoms with van der Waals surface area (Å²) in [6, 6.07) is -1.31. The molecule has 4 aliphatic rings. The molecule has 4 rings (SSSR count). The van der Waals surface area contributed by atoms with Crippen molar-refractivity contribution >= 4 is 35.9 Å². The number of unbranched alkanes of at least 4 members (excludes halogenated alkanes) is 1. The van der Waals surface area contributed by atoms with Crippen LogP contribution >= 0.6 is 0 Å². The number of rotatable bonds is 27. The van der Waals surface area contributed by atoms with Crippen LogP contribution in [-0.2, 0) is 28.7 Å². The van der Waals surface area contributed by atoms with E-state index in [0.29, 0.717) is 23.7 Å². The van der Waals surface area contributed by atoms with Gasteiger partial charge in [0.2, 0.25) is 0 Å². The van der Waals surface area contributed by atoms with E-state index < -0.39 is 68.2 Å². The normalized spacial score (nSPS) is 26.5. The van der Waals surface area contributed by atoms with Crippen molar-refractivity contribution < 1.29 is 158 Å². The third-order valence-corrected chi connectivity index (χ3v) is 15.2. The zero-order valence-corrected chi connectivity index (χ0v) is 46.3. The largest absolute Gasteiger partial charge is 3.00 e. The van der Waals surface area contributed by atoms with Gasteiger partial charge in [-0.25, -0.2) is 4.79 Å². The molecule has 65 heavy (non-hydrogen) atoms. The molecule has 0 saturated heterocycles. The van der Waals surface area contributed by atoms with E-state index in [1.807, 2.05) is 0 Å². The second-order valence-electron chi connectivity index (χ2n) is 19.8. The number of nitrogens with zero attached hydrogens (tertiary/aromatic N) is 3. The van der Waals surface area contributed by atoms with E-state index in [2.05, 4.69) is 46.0 Å². The summed E-state index contributed by atoms with van der Waals surface area (Å²) in [4.78, 5) is 73.5. The fourth-order valence-electron chi connectivity index (χ4n) is 12.2. The van der Waals surface area contributed by atoms with Gasteiger partial charge in [0.25, 0.3) is 0 Å². The van der Waals surface area contributed by atoms with E-state index >= 15 is 0 Å². The molecule has 1 N–H and O–H groups in total. The summed E-state index contributed by atoms with van der Waals surface area (Å²) in [6.07, 6.45) is 15.2. The van der Waals surface area contributed by atoms with Crippen molar-refractivity contribution in [3.63, 3.8) is 0 Å². The molecule has 4 aliphatic carbocycles. The molecule has 16 nitrogen and oxygen atoms in total. The first kappa shape index (κ1) is 62.6. The molecule has 3 fully saturated rings. The smallest absolute Gasteiger partial charge is 0.549 e. The second kappa shape index (κ2) is 29.7. The quantitative estimate of drug-likeness (QED) is 0.0457. The number of carboxylic acids is 5. The van der Waals surface area contributed by atoms with Crippen LogP contribution in [-0.4, -0.2) is 122 Å². The van der Waals surface area contributed by atoms with Crippen molar-refractivity contribution in [1.82, 2.24) is 20.0 Å². The summed E-state index contributed by atoms with van der Waals surface area (Å²) >= 11 is 0. The van der Waals surface area contributed by atoms with Gasteiger partial charge >= 0.3 is 105 Å². The van der Waals surface area contributed by atoms with Gasteiger partial charge in [-0.2, -0.15) is 0 Å². The van der Waals surface area contributed by atoms with E-state index in [0.717, 1.165) is 59.2 Å². The number of nitrogens with one attached hydrogen (secondary N) is 1. The molecular weight excluding hydrogens is 1000 g/mol. The monoisotopic (exact) mass is 1080 g/mol. The van der Waals surface area contributed by atoms with E-state index in [1.54, 1.807) is 0 Å². The number of allylic oxidation sites excluding steroid dienone is 1. The van der Waals surface area contributed by atoms with Crippen molar-refractivity contribution in [3.8, 4) is 0 Å². The molecule has 0 aromatic rings. The zero-order chi connectivity index (χ0) is 45.8. The van der Waals surface area contributed by atoms with Crippen LogP contribution in [0.1, 0.15) is 125 Å². The van der Waals surface area contributed by atoms with Crippen LogP contribution in [0, 0.1) is 86.3 Å². The standard InChI is InChI=1S/C46H76N4O12.Gd.2Na/c1-30(2)9-8-10-31(3)35-14-15-36-34-13-12-32-25-33(16-18-45(32,4)37(34)17-19-46(35,36)5)62-44(61)47-20-7-6-11-38(43(59)60)50(23-21-48(26-39(51)52)27-40(53)54)24-22-49(28-41(55)56)29-42(57)58;;;/h12,30-31,33-38H,6-11,13-29H2,1-5H3,(H,47,61)(H,51,52)(H,53,54)(H,55,56)(H,57,58)(H,59,60);;;/q;+3;2*+1/p-5/t31-,33-,34-,35+,36-,37-,38-,45-,46+;;;/m0.../s1. The molecule has 0 aromatic carbocycles. The molecule has 19 heteroatoms. The predicted molar refractivity (Wildman–Crippen MR) is 218 cm³/mol.